The van der Waals surface area contributed by atoms with Crippen LogP contribution in [0.25, 0.3) is 0 Å². The van der Waals surface area contributed by atoms with E-state index in [0.717, 1.165) is 26.0 Å². The van der Waals surface area contributed by atoms with Gasteiger partial charge in [0.2, 0.25) is 0 Å². The summed E-state index contributed by atoms with van der Waals surface area (Å²) in [5.74, 6) is 0.593. The lowest BCUT2D eigenvalue weighted by Crippen LogP contribution is -2.41. The van der Waals surface area contributed by atoms with Gasteiger partial charge in [-0.05, 0) is 18.8 Å². The second-order valence-electron chi connectivity index (χ2n) is 4.24. The molecule has 1 N–H and O–H groups in total. The summed E-state index contributed by atoms with van der Waals surface area (Å²) in [6, 6.07) is 2.69. The van der Waals surface area contributed by atoms with Crippen LogP contribution in [0.15, 0.2) is 0 Å². The Bertz CT molecular complexity index is 198. The third kappa shape index (κ3) is 3.65. The largest absolute Gasteiger partial charge is 0.378 e. The lowest BCUT2D eigenvalue weighted by atomic mass is 9.95. The first-order valence-corrected chi connectivity index (χ1v) is 5.46. The van der Waals surface area contributed by atoms with E-state index >= 15 is 0 Å². The molecule has 1 rings (SSSR count). The number of hydrogen-bond donors (Lipinski definition) is 1. The van der Waals surface area contributed by atoms with Gasteiger partial charge in [0.15, 0.2) is 0 Å². The number of nitrogens with zero attached hydrogens (tertiary/aromatic N) is 1. The smallest absolute Gasteiger partial charge is 0.0635 e. The number of ether oxygens (including phenoxy) is 1. The lowest BCUT2D eigenvalue weighted by Gasteiger charge is -2.32. The van der Waals surface area contributed by atoms with Crippen LogP contribution >= 0.6 is 0 Å². The molecule has 14 heavy (non-hydrogen) atoms. The highest BCUT2D eigenvalue weighted by atomic mass is 16.5. The molecule has 0 aliphatic carbocycles. The number of nitrogens with one attached hydrogen (secondary N) is 1. The molecule has 0 amide bonds. The molecule has 1 heterocycles. The Morgan fingerprint density at radius 2 is 2.36 bits per heavy atom. The van der Waals surface area contributed by atoms with E-state index in [9.17, 15) is 0 Å². The van der Waals surface area contributed by atoms with Crippen LogP contribution in [0.4, 0.5) is 0 Å². The molecule has 0 aromatic carbocycles. The third-order valence-corrected chi connectivity index (χ3v) is 2.73. The molecule has 3 nitrogen and oxygen atoms in total. The van der Waals surface area contributed by atoms with E-state index in [2.05, 4.69) is 25.2 Å². The minimum absolute atomic E-state index is 0.392. The molecule has 3 heteroatoms. The fourth-order valence-electron chi connectivity index (χ4n) is 1.81. The summed E-state index contributed by atoms with van der Waals surface area (Å²) < 4.78 is 5.67. The van der Waals surface area contributed by atoms with Crippen molar-refractivity contribution in [1.29, 1.82) is 5.26 Å². The SMILES string of the molecule is CC(C)C1CC(NCCC#N)CCO1. The summed E-state index contributed by atoms with van der Waals surface area (Å²) in [6.07, 6.45) is 3.16. The molecule has 2 unspecified atom stereocenters. The average molecular weight is 196 g/mol. The molecule has 0 spiro atoms. The van der Waals surface area contributed by atoms with Crippen molar-refractivity contribution in [2.75, 3.05) is 13.2 Å². The van der Waals surface area contributed by atoms with Gasteiger partial charge in [0, 0.05) is 25.6 Å². The maximum Gasteiger partial charge on any atom is 0.0635 e. The van der Waals surface area contributed by atoms with Crippen LogP contribution in [-0.4, -0.2) is 25.3 Å². The second kappa shape index (κ2) is 6.00. The van der Waals surface area contributed by atoms with E-state index in [0.29, 0.717) is 24.5 Å². The zero-order chi connectivity index (χ0) is 10.4. The predicted octanol–water partition coefficient (Wildman–Crippen LogP) is 1.69. The molecular weight excluding hydrogens is 176 g/mol. The summed E-state index contributed by atoms with van der Waals surface area (Å²) in [4.78, 5) is 0. The van der Waals surface area contributed by atoms with Crippen LogP contribution in [0.5, 0.6) is 0 Å². The zero-order valence-electron chi connectivity index (χ0n) is 9.12. The molecule has 1 aliphatic rings. The minimum atomic E-state index is 0.392. The van der Waals surface area contributed by atoms with Gasteiger partial charge in [-0.15, -0.1) is 0 Å². The molecule has 1 aliphatic heterocycles. The number of hydrogen-bond acceptors (Lipinski definition) is 3. The van der Waals surface area contributed by atoms with Crippen LogP contribution in [0.2, 0.25) is 0 Å². The van der Waals surface area contributed by atoms with Crippen LogP contribution < -0.4 is 5.32 Å². The first-order valence-electron chi connectivity index (χ1n) is 5.46. The van der Waals surface area contributed by atoms with Crippen molar-refractivity contribution >= 4 is 0 Å². The topological polar surface area (TPSA) is 45.0 Å². The molecule has 1 fully saturated rings. The molecule has 0 bridgehead atoms. The lowest BCUT2D eigenvalue weighted by molar-refractivity contribution is -0.0241. The fourth-order valence-corrected chi connectivity index (χ4v) is 1.81. The van der Waals surface area contributed by atoms with Crippen molar-refractivity contribution in [2.24, 2.45) is 5.92 Å². The zero-order valence-corrected chi connectivity index (χ0v) is 9.12. The molecule has 0 saturated carbocycles. The van der Waals surface area contributed by atoms with Crippen molar-refractivity contribution in [2.45, 2.75) is 45.3 Å². The Hall–Kier alpha value is -0.590. The van der Waals surface area contributed by atoms with Crippen LogP contribution in [0.3, 0.4) is 0 Å². The Morgan fingerprint density at radius 1 is 1.57 bits per heavy atom. The van der Waals surface area contributed by atoms with E-state index in [1.165, 1.54) is 0 Å². The maximum absolute atomic E-state index is 8.42. The fraction of sp³-hybridized carbons (Fsp3) is 0.909. The van der Waals surface area contributed by atoms with Gasteiger partial charge in [0.05, 0.1) is 12.2 Å². The Balaban J connectivity index is 2.23. The van der Waals surface area contributed by atoms with Gasteiger partial charge in [-0.1, -0.05) is 13.8 Å². The quantitative estimate of drug-likeness (QED) is 0.696. The maximum atomic E-state index is 8.42. The Morgan fingerprint density at radius 3 is 3.00 bits per heavy atom. The molecule has 0 radical (unpaired) electrons. The molecule has 0 aromatic heterocycles. The summed E-state index contributed by atoms with van der Waals surface area (Å²) >= 11 is 0. The van der Waals surface area contributed by atoms with E-state index in [-0.39, 0.29) is 0 Å². The van der Waals surface area contributed by atoms with Crippen LogP contribution in [0, 0.1) is 17.2 Å². The Labute approximate surface area is 86.4 Å². The van der Waals surface area contributed by atoms with Gasteiger partial charge in [-0.25, -0.2) is 0 Å². The van der Waals surface area contributed by atoms with Gasteiger partial charge in [0.1, 0.15) is 0 Å². The first kappa shape index (κ1) is 11.5. The number of rotatable bonds is 4. The monoisotopic (exact) mass is 196 g/mol. The Kier molecular flexibility index (Phi) is 4.92. The van der Waals surface area contributed by atoms with Crippen molar-refractivity contribution in [3.63, 3.8) is 0 Å². The van der Waals surface area contributed by atoms with Crippen molar-refractivity contribution in [3.8, 4) is 6.07 Å². The summed E-state index contributed by atoms with van der Waals surface area (Å²) in [5, 5.41) is 11.8. The van der Waals surface area contributed by atoms with E-state index in [1.807, 2.05) is 0 Å². The van der Waals surface area contributed by atoms with Crippen LogP contribution in [-0.2, 0) is 4.74 Å². The molecular formula is C11H20N2O. The molecule has 2 atom stereocenters. The van der Waals surface area contributed by atoms with E-state index < -0.39 is 0 Å². The van der Waals surface area contributed by atoms with Gasteiger partial charge in [-0.3, -0.25) is 0 Å². The number of nitriles is 1. The highest BCUT2D eigenvalue weighted by molar-refractivity contribution is 4.80. The second-order valence-corrected chi connectivity index (χ2v) is 4.24. The molecule has 1 saturated heterocycles. The predicted molar refractivity (Wildman–Crippen MR) is 55.8 cm³/mol. The highest BCUT2D eigenvalue weighted by Gasteiger charge is 2.24. The summed E-state index contributed by atoms with van der Waals surface area (Å²) in [5.41, 5.74) is 0. The summed E-state index contributed by atoms with van der Waals surface area (Å²) in [7, 11) is 0. The average Bonchev–Trinajstić information content (AvgIpc) is 2.19. The van der Waals surface area contributed by atoms with Crippen molar-refractivity contribution < 1.29 is 4.74 Å². The van der Waals surface area contributed by atoms with Gasteiger partial charge in [0.25, 0.3) is 0 Å². The normalized spacial score (nSPS) is 27.6. The highest BCUT2D eigenvalue weighted by Crippen LogP contribution is 2.19. The molecule has 0 aromatic rings. The summed E-state index contributed by atoms with van der Waals surface area (Å²) in [6.45, 7) is 6.06. The standard InChI is InChI=1S/C11H20N2O/c1-9(2)11-8-10(4-7-14-11)13-6-3-5-12/h9-11,13H,3-4,6-8H2,1-2H3. The van der Waals surface area contributed by atoms with Gasteiger partial charge in [-0.2, -0.15) is 5.26 Å². The van der Waals surface area contributed by atoms with Gasteiger partial charge >= 0.3 is 0 Å². The third-order valence-electron chi connectivity index (χ3n) is 2.73. The molecule has 80 valence electrons. The van der Waals surface area contributed by atoms with E-state index in [4.69, 9.17) is 10.00 Å². The van der Waals surface area contributed by atoms with Crippen molar-refractivity contribution in [3.05, 3.63) is 0 Å². The first-order chi connectivity index (χ1) is 6.74. The van der Waals surface area contributed by atoms with E-state index in [1.54, 1.807) is 0 Å². The van der Waals surface area contributed by atoms with Crippen molar-refractivity contribution in [1.82, 2.24) is 5.32 Å². The van der Waals surface area contributed by atoms with Crippen LogP contribution in [0.1, 0.15) is 33.1 Å². The van der Waals surface area contributed by atoms with Gasteiger partial charge < -0.3 is 10.1 Å². The minimum Gasteiger partial charge on any atom is -0.378 e.